The SMILES string of the molecule is N#CC1(c2cc(N3CCOCC3)nc(Nc3ccn[nH]3)c2C=N)CCC1. The molecule has 1 saturated carbocycles. The van der Waals surface area contributed by atoms with Crippen LogP contribution in [0.4, 0.5) is 17.5 Å². The summed E-state index contributed by atoms with van der Waals surface area (Å²) in [5.74, 6) is 2.09. The molecule has 0 amide bonds. The average Bonchev–Trinajstić information content (AvgIpc) is 3.15. The van der Waals surface area contributed by atoms with Crippen molar-refractivity contribution in [2.75, 3.05) is 36.5 Å². The zero-order valence-electron chi connectivity index (χ0n) is 14.5. The number of hydrogen-bond donors (Lipinski definition) is 3. The van der Waals surface area contributed by atoms with E-state index in [0.29, 0.717) is 30.4 Å². The van der Waals surface area contributed by atoms with E-state index >= 15 is 0 Å². The third kappa shape index (κ3) is 2.80. The van der Waals surface area contributed by atoms with Crippen LogP contribution in [0, 0.1) is 16.7 Å². The van der Waals surface area contributed by atoms with Gasteiger partial charge in [-0.2, -0.15) is 10.4 Å². The van der Waals surface area contributed by atoms with E-state index in [1.165, 1.54) is 6.21 Å². The van der Waals surface area contributed by atoms with E-state index < -0.39 is 5.41 Å². The van der Waals surface area contributed by atoms with Gasteiger partial charge in [0.2, 0.25) is 0 Å². The summed E-state index contributed by atoms with van der Waals surface area (Å²) in [7, 11) is 0. The molecule has 2 fully saturated rings. The van der Waals surface area contributed by atoms with Crippen LogP contribution < -0.4 is 10.2 Å². The molecule has 3 N–H and O–H groups in total. The third-order valence-corrected chi connectivity index (χ3v) is 5.21. The number of aromatic nitrogens is 3. The first-order chi connectivity index (χ1) is 12.8. The van der Waals surface area contributed by atoms with Crippen LogP contribution in [-0.2, 0) is 10.2 Å². The van der Waals surface area contributed by atoms with Crippen LogP contribution in [0.15, 0.2) is 18.3 Å². The van der Waals surface area contributed by atoms with Crippen LogP contribution in [0.25, 0.3) is 0 Å². The van der Waals surface area contributed by atoms with Crippen LogP contribution in [0.5, 0.6) is 0 Å². The van der Waals surface area contributed by atoms with E-state index in [4.69, 9.17) is 15.1 Å². The molecule has 0 spiro atoms. The molecule has 0 atom stereocenters. The minimum atomic E-state index is -0.527. The van der Waals surface area contributed by atoms with Gasteiger partial charge in [-0.15, -0.1) is 0 Å². The number of rotatable bonds is 5. The van der Waals surface area contributed by atoms with Crippen LogP contribution in [0.3, 0.4) is 0 Å². The first-order valence-electron chi connectivity index (χ1n) is 8.82. The molecule has 134 valence electrons. The highest BCUT2D eigenvalue weighted by atomic mass is 16.5. The standard InChI is InChI=1S/C18H21N7O/c19-11-13-14(18(12-20)3-1-4-18)10-16(25-6-8-26-9-7-25)23-17(13)22-15-2-5-21-24-15/h2,5,10-11,19H,1,3-4,6-9H2,(H2,21,22,23,24). The fourth-order valence-electron chi connectivity index (χ4n) is 3.56. The maximum absolute atomic E-state index is 9.84. The molecule has 2 aliphatic rings. The van der Waals surface area contributed by atoms with Gasteiger partial charge in [-0.3, -0.25) is 5.10 Å². The topological polar surface area (TPSA) is 114 Å². The Kier molecular flexibility index (Phi) is 4.31. The number of pyridine rings is 1. The zero-order valence-corrected chi connectivity index (χ0v) is 14.5. The van der Waals surface area contributed by atoms with Crippen molar-refractivity contribution in [2.45, 2.75) is 24.7 Å². The Morgan fingerprint density at radius 2 is 2.19 bits per heavy atom. The van der Waals surface area contributed by atoms with Crippen molar-refractivity contribution in [3.8, 4) is 6.07 Å². The molecule has 0 radical (unpaired) electrons. The summed E-state index contributed by atoms with van der Waals surface area (Å²) in [4.78, 5) is 6.93. The summed E-state index contributed by atoms with van der Waals surface area (Å²) in [6.07, 6.45) is 5.62. The highest BCUT2D eigenvalue weighted by Gasteiger charge is 2.41. The summed E-state index contributed by atoms with van der Waals surface area (Å²) in [6, 6.07) is 6.30. The van der Waals surface area contributed by atoms with E-state index in [1.807, 2.05) is 6.07 Å². The van der Waals surface area contributed by atoms with Gasteiger partial charge in [0.1, 0.15) is 17.5 Å². The van der Waals surface area contributed by atoms with Crippen molar-refractivity contribution in [2.24, 2.45) is 0 Å². The van der Waals surface area contributed by atoms with Gasteiger partial charge in [0.05, 0.1) is 30.9 Å². The second-order valence-electron chi connectivity index (χ2n) is 6.68. The molecule has 3 heterocycles. The highest BCUT2D eigenvalue weighted by Crippen LogP contribution is 2.46. The van der Waals surface area contributed by atoms with Crippen LogP contribution in [0.2, 0.25) is 0 Å². The number of aromatic amines is 1. The summed E-state index contributed by atoms with van der Waals surface area (Å²) < 4.78 is 5.45. The molecule has 2 aromatic heterocycles. The fraction of sp³-hybridized carbons (Fsp3) is 0.444. The van der Waals surface area contributed by atoms with E-state index in [1.54, 1.807) is 12.3 Å². The summed E-state index contributed by atoms with van der Waals surface area (Å²) in [6.45, 7) is 2.85. The van der Waals surface area contributed by atoms with Crippen molar-refractivity contribution < 1.29 is 4.74 Å². The second-order valence-corrected chi connectivity index (χ2v) is 6.68. The molecule has 8 heteroatoms. The van der Waals surface area contributed by atoms with Crippen molar-refractivity contribution in [1.82, 2.24) is 15.2 Å². The third-order valence-electron chi connectivity index (χ3n) is 5.21. The van der Waals surface area contributed by atoms with E-state index in [0.717, 1.165) is 43.7 Å². The molecule has 4 rings (SSSR count). The monoisotopic (exact) mass is 351 g/mol. The van der Waals surface area contributed by atoms with Gasteiger partial charge in [0, 0.05) is 30.9 Å². The van der Waals surface area contributed by atoms with Crippen LogP contribution in [0.1, 0.15) is 30.4 Å². The molecule has 0 unspecified atom stereocenters. The number of ether oxygens (including phenoxy) is 1. The maximum atomic E-state index is 9.84. The van der Waals surface area contributed by atoms with Gasteiger partial charge in [-0.05, 0) is 30.9 Å². The van der Waals surface area contributed by atoms with Crippen molar-refractivity contribution in [3.05, 3.63) is 29.5 Å². The fourth-order valence-corrected chi connectivity index (χ4v) is 3.56. The molecular weight excluding hydrogens is 330 g/mol. The van der Waals surface area contributed by atoms with Gasteiger partial charge in [0.15, 0.2) is 0 Å². The van der Waals surface area contributed by atoms with E-state index in [2.05, 4.69) is 26.5 Å². The molecule has 0 aromatic carbocycles. The molecule has 8 nitrogen and oxygen atoms in total. The first-order valence-corrected chi connectivity index (χ1v) is 8.82. The number of anilines is 3. The molecule has 26 heavy (non-hydrogen) atoms. The van der Waals surface area contributed by atoms with Gasteiger partial charge in [-0.1, -0.05) is 0 Å². The lowest BCUT2D eigenvalue weighted by atomic mass is 9.64. The first kappa shape index (κ1) is 16.5. The smallest absolute Gasteiger partial charge is 0.143 e. The molecule has 1 saturated heterocycles. The number of hydrogen-bond acceptors (Lipinski definition) is 7. The Bertz CT molecular complexity index is 830. The Morgan fingerprint density at radius 1 is 1.38 bits per heavy atom. The van der Waals surface area contributed by atoms with E-state index in [-0.39, 0.29) is 0 Å². The lowest BCUT2D eigenvalue weighted by molar-refractivity contribution is 0.122. The van der Waals surface area contributed by atoms with Gasteiger partial charge < -0.3 is 20.4 Å². The van der Waals surface area contributed by atoms with Crippen LogP contribution >= 0.6 is 0 Å². The highest BCUT2D eigenvalue weighted by molar-refractivity contribution is 5.89. The Hall–Kier alpha value is -2.92. The Balaban J connectivity index is 1.82. The Morgan fingerprint density at radius 3 is 2.77 bits per heavy atom. The largest absolute Gasteiger partial charge is 0.378 e. The quantitative estimate of drug-likeness (QED) is 0.713. The van der Waals surface area contributed by atoms with Crippen molar-refractivity contribution in [3.63, 3.8) is 0 Å². The maximum Gasteiger partial charge on any atom is 0.143 e. The van der Waals surface area contributed by atoms with Crippen molar-refractivity contribution in [1.29, 1.82) is 10.7 Å². The van der Waals surface area contributed by atoms with Crippen LogP contribution in [-0.4, -0.2) is 47.7 Å². The summed E-state index contributed by atoms with van der Waals surface area (Å²) in [5, 5.41) is 27.8. The normalized spacial score (nSPS) is 18.7. The van der Waals surface area contributed by atoms with Gasteiger partial charge in [0.25, 0.3) is 0 Å². The molecule has 1 aliphatic carbocycles. The molecule has 1 aliphatic heterocycles. The molecule has 0 bridgehead atoms. The van der Waals surface area contributed by atoms with Crippen molar-refractivity contribution >= 4 is 23.7 Å². The number of nitriles is 1. The lowest BCUT2D eigenvalue weighted by Crippen LogP contribution is -2.38. The minimum absolute atomic E-state index is 0.527. The van der Waals surface area contributed by atoms with E-state index in [9.17, 15) is 5.26 Å². The van der Waals surface area contributed by atoms with Gasteiger partial charge in [-0.25, -0.2) is 4.98 Å². The average molecular weight is 351 g/mol. The number of nitrogens with zero attached hydrogens (tertiary/aromatic N) is 4. The molecule has 2 aromatic rings. The Labute approximate surface area is 151 Å². The zero-order chi connectivity index (χ0) is 18.0. The molecular formula is C18H21N7O. The number of morpholine rings is 1. The second kappa shape index (κ2) is 6.77. The summed E-state index contributed by atoms with van der Waals surface area (Å²) in [5.41, 5.74) is 1.03. The minimum Gasteiger partial charge on any atom is -0.378 e. The number of H-pyrrole nitrogens is 1. The number of nitrogens with one attached hydrogen (secondary N) is 3. The summed E-state index contributed by atoms with van der Waals surface area (Å²) >= 11 is 0. The lowest BCUT2D eigenvalue weighted by Gasteiger charge is -2.38. The predicted octanol–water partition coefficient (Wildman–Crippen LogP) is 2.33. The predicted molar refractivity (Wildman–Crippen MR) is 98.2 cm³/mol. The van der Waals surface area contributed by atoms with Gasteiger partial charge >= 0.3 is 0 Å².